The molecule has 1 amide bonds. The minimum Gasteiger partial charge on any atom is -0.461 e. The Labute approximate surface area is 182 Å². The van der Waals surface area contributed by atoms with Crippen molar-refractivity contribution < 1.29 is 18.7 Å². The van der Waals surface area contributed by atoms with E-state index in [1.807, 2.05) is 29.6 Å². The third kappa shape index (κ3) is 4.51. The molecule has 0 saturated carbocycles. The summed E-state index contributed by atoms with van der Waals surface area (Å²) >= 11 is 1.36. The maximum Gasteiger partial charge on any atom is 0.354 e. The Hall–Kier alpha value is -3.45. The number of aromatic amines is 1. The molecule has 0 saturated heterocycles. The van der Waals surface area contributed by atoms with Gasteiger partial charge in [0.25, 0.3) is 5.91 Å². The topological polar surface area (TPSA) is 71.2 Å². The largest absolute Gasteiger partial charge is 0.461 e. The van der Waals surface area contributed by atoms with Gasteiger partial charge in [-0.15, -0.1) is 11.3 Å². The first-order valence-corrected chi connectivity index (χ1v) is 10.7. The van der Waals surface area contributed by atoms with E-state index in [1.165, 1.54) is 17.4 Å². The highest BCUT2D eigenvalue weighted by molar-refractivity contribution is 7.12. The van der Waals surface area contributed by atoms with Crippen LogP contribution >= 0.6 is 11.3 Å². The maximum atomic E-state index is 13.4. The molecule has 0 aliphatic carbocycles. The van der Waals surface area contributed by atoms with Crippen molar-refractivity contribution in [3.63, 3.8) is 0 Å². The molecule has 0 atom stereocenters. The summed E-state index contributed by atoms with van der Waals surface area (Å²) in [5.74, 6) is -0.816. The highest BCUT2D eigenvalue weighted by Crippen LogP contribution is 2.29. The van der Waals surface area contributed by atoms with Crippen LogP contribution in [0.3, 0.4) is 0 Å². The number of nitrogens with one attached hydrogen (secondary N) is 2. The molecule has 0 radical (unpaired) electrons. The summed E-state index contributed by atoms with van der Waals surface area (Å²) in [7, 11) is 0. The highest BCUT2D eigenvalue weighted by atomic mass is 32.1. The number of carbonyl (C=O) groups excluding carboxylic acids is 2. The van der Waals surface area contributed by atoms with Crippen molar-refractivity contribution >= 4 is 34.1 Å². The number of thiophene rings is 1. The smallest absolute Gasteiger partial charge is 0.354 e. The number of rotatable bonds is 6. The second-order valence-corrected chi connectivity index (χ2v) is 8.08. The zero-order chi connectivity index (χ0) is 22.0. The number of aromatic nitrogens is 1. The van der Waals surface area contributed by atoms with Gasteiger partial charge < -0.3 is 15.0 Å². The number of ether oxygens (including phenoxy) is 1. The highest BCUT2D eigenvalue weighted by Gasteiger charge is 2.13. The minimum atomic E-state index is -0.383. The van der Waals surface area contributed by atoms with Gasteiger partial charge in [0.05, 0.1) is 11.5 Å². The second kappa shape index (κ2) is 8.73. The molecular formula is C24H21FN2O3S. The lowest BCUT2D eigenvalue weighted by Crippen LogP contribution is -2.21. The van der Waals surface area contributed by atoms with E-state index in [9.17, 15) is 14.0 Å². The molecule has 0 spiro atoms. The Balaban J connectivity index is 1.48. The molecule has 2 N–H and O–H groups in total. The van der Waals surface area contributed by atoms with Crippen molar-refractivity contribution in [2.24, 2.45) is 0 Å². The predicted molar refractivity (Wildman–Crippen MR) is 120 cm³/mol. The lowest BCUT2D eigenvalue weighted by molar-refractivity contribution is 0.0520. The summed E-state index contributed by atoms with van der Waals surface area (Å²) in [6.45, 7) is 4.12. The molecule has 2 aromatic carbocycles. The van der Waals surface area contributed by atoms with Gasteiger partial charge in [0.1, 0.15) is 11.5 Å². The molecule has 0 unspecified atom stereocenters. The summed E-state index contributed by atoms with van der Waals surface area (Å²) in [5.41, 5.74) is 4.53. The molecule has 2 heterocycles. The third-order valence-electron chi connectivity index (χ3n) is 4.95. The van der Waals surface area contributed by atoms with E-state index in [1.54, 1.807) is 32.0 Å². The van der Waals surface area contributed by atoms with Gasteiger partial charge in [0.15, 0.2) is 0 Å². The maximum absolute atomic E-state index is 13.4. The number of amides is 1. The van der Waals surface area contributed by atoms with Crippen LogP contribution in [0.4, 0.5) is 4.39 Å². The Morgan fingerprint density at radius 1 is 1.10 bits per heavy atom. The zero-order valence-corrected chi connectivity index (χ0v) is 17.9. The van der Waals surface area contributed by atoms with Gasteiger partial charge >= 0.3 is 5.97 Å². The first-order chi connectivity index (χ1) is 14.9. The summed E-state index contributed by atoms with van der Waals surface area (Å²) in [6.07, 6.45) is 0. The molecule has 4 aromatic rings. The monoisotopic (exact) mass is 436 g/mol. The normalized spacial score (nSPS) is 10.9. The lowest BCUT2D eigenvalue weighted by atomic mass is 10.1. The van der Waals surface area contributed by atoms with E-state index in [4.69, 9.17) is 4.74 Å². The molecule has 0 aliphatic heterocycles. The molecule has 0 fully saturated rings. The SMILES string of the molecule is CCOC(=O)c1cc2cc(-c3csc(C(=O)NCc4ccc(F)c(C)c4)c3)ccc2[nH]1. The lowest BCUT2D eigenvalue weighted by Gasteiger charge is -2.05. The molecule has 5 nitrogen and oxygen atoms in total. The van der Waals surface area contributed by atoms with Gasteiger partial charge in [-0.2, -0.15) is 0 Å². The fourth-order valence-corrected chi connectivity index (χ4v) is 4.16. The van der Waals surface area contributed by atoms with Gasteiger partial charge in [0, 0.05) is 17.4 Å². The molecule has 4 rings (SSSR count). The van der Waals surface area contributed by atoms with Crippen LogP contribution in [0.15, 0.2) is 53.9 Å². The molecule has 0 aliphatic rings. The van der Waals surface area contributed by atoms with E-state index >= 15 is 0 Å². The fourth-order valence-electron chi connectivity index (χ4n) is 3.32. The third-order valence-corrected chi connectivity index (χ3v) is 5.88. The molecule has 0 bridgehead atoms. The van der Waals surface area contributed by atoms with Crippen molar-refractivity contribution in [2.75, 3.05) is 6.61 Å². The molecule has 7 heteroatoms. The second-order valence-electron chi connectivity index (χ2n) is 7.17. The zero-order valence-electron chi connectivity index (χ0n) is 17.1. The Kier molecular flexibility index (Phi) is 5.86. The minimum absolute atomic E-state index is 0.175. The first-order valence-electron chi connectivity index (χ1n) is 9.86. The number of carbonyl (C=O) groups is 2. The van der Waals surface area contributed by atoms with Crippen molar-refractivity contribution in [2.45, 2.75) is 20.4 Å². The Morgan fingerprint density at radius 3 is 2.71 bits per heavy atom. The fraction of sp³-hybridized carbons (Fsp3) is 0.167. The summed E-state index contributed by atoms with van der Waals surface area (Å²) < 4.78 is 18.4. The number of aryl methyl sites for hydroxylation is 1. The average molecular weight is 437 g/mol. The van der Waals surface area contributed by atoms with Crippen LogP contribution in [0.2, 0.25) is 0 Å². The number of hydrogen-bond acceptors (Lipinski definition) is 4. The first kappa shape index (κ1) is 20.8. The van der Waals surface area contributed by atoms with E-state index in [2.05, 4.69) is 10.3 Å². The van der Waals surface area contributed by atoms with Gasteiger partial charge in [0.2, 0.25) is 0 Å². The van der Waals surface area contributed by atoms with E-state index in [0.717, 1.165) is 27.6 Å². The van der Waals surface area contributed by atoms with Crippen LogP contribution < -0.4 is 5.32 Å². The molecule has 158 valence electrons. The summed E-state index contributed by atoms with van der Waals surface area (Å²) in [5, 5.41) is 5.70. The summed E-state index contributed by atoms with van der Waals surface area (Å²) in [4.78, 5) is 28.1. The van der Waals surface area contributed by atoms with E-state index < -0.39 is 0 Å². The van der Waals surface area contributed by atoms with Crippen LogP contribution in [0.25, 0.3) is 22.0 Å². The number of hydrogen-bond donors (Lipinski definition) is 2. The van der Waals surface area contributed by atoms with Crippen LogP contribution in [-0.2, 0) is 11.3 Å². The van der Waals surface area contributed by atoms with Crippen molar-refractivity contribution in [3.05, 3.63) is 81.4 Å². The Morgan fingerprint density at radius 2 is 1.94 bits per heavy atom. The van der Waals surface area contributed by atoms with Crippen molar-refractivity contribution in [1.29, 1.82) is 0 Å². The number of benzene rings is 2. The molecule has 2 aromatic heterocycles. The van der Waals surface area contributed by atoms with E-state index in [0.29, 0.717) is 29.3 Å². The van der Waals surface area contributed by atoms with Gasteiger partial charge in [-0.05, 0) is 71.8 Å². The standard InChI is InChI=1S/C24H21FN2O3S/c1-3-30-24(29)21-10-17-9-16(5-7-20(17)27-21)18-11-22(31-13-18)23(28)26-12-15-4-6-19(25)14(2)8-15/h4-11,13,27H,3,12H2,1-2H3,(H,26,28). The number of fused-ring (bicyclic) bond motifs is 1. The quantitative estimate of drug-likeness (QED) is 0.395. The number of halogens is 1. The Bertz CT molecular complexity index is 1280. The molecular weight excluding hydrogens is 415 g/mol. The van der Waals surface area contributed by atoms with Crippen molar-refractivity contribution in [3.8, 4) is 11.1 Å². The summed E-state index contributed by atoms with van der Waals surface area (Å²) in [6, 6.07) is 14.2. The van der Waals surface area contributed by atoms with Crippen LogP contribution in [0.5, 0.6) is 0 Å². The number of H-pyrrole nitrogens is 1. The van der Waals surface area contributed by atoms with Gasteiger partial charge in [-0.1, -0.05) is 18.2 Å². The van der Waals surface area contributed by atoms with Crippen LogP contribution in [-0.4, -0.2) is 23.5 Å². The van der Waals surface area contributed by atoms with Gasteiger partial charge in [-0.3, -0.25) is 4.79 Å². The number of esters is 1. The predicted octanol–water partition coefficient (Wildman–Crippen LogP) is 5.45. The van der Waals surface area contributed by atoms with E-state index in [-0.39, 0.29) is 17.7 Å². The van der Waals surface area contributed by atoms with Crippen LogP contribution in [0, 0.1) is 12.7 Å². The molecule has 31 heavy (non-hydrogen) atoms. The van der Waals surface area contributed by atoms with Gasteiger partial charge in [-0.25, -0.2) is 9.18 Å². The van der Waals surface area contributed by atoms with Crippen molar-refractivity contribution in [1.82, 2.24) is 10.3 Å². The average Bonchev–Trinajstić information content (AvgIpc) is 3.41. The van der Waals surface area contributed by atoms with Crippen LogP contribution in [0.1, 0.15) is 38.2 Å².